The van der Waals surface area contributed by atoms with Gasteiger partial charge in [-0.15, -0.1) is 6.42 Å². The molecule has 34 heavy (non-hydrogen) atoms. The number of hydrogen-bond donors (Lipinski definition) is 0. The van der Waals surface area contributed by atoms with Crippen molar-refractivity contribution in [3.8, 4) is 23.5 Å². The summed E-state index contributed by atoms with van der Waals surface area (Å²) in [7, 11) is 0. The third-order valence-corrected chi connectivity index (χ3v) is 7.36. The molecule has 4 aromatic carbocycles. The summed E-state index contributed by atoms with van der Waals surface area (Å²) in [5, 5.41) is 2.51. The summed E-state index contributed by atoms with van der Waals surface area (Å²) in [4.78, 5) is 0. The molecule has 1 unspecified atom stereocenters. The van der Waals surface area contributed by atoms with Gasteiger partial charge in [0.2, 0.25) is 0 Å². The highest BCUT2D eigenvalue weighted by atomic mass is 15.0. The number of fused-ring (bicyclic) bond motifs is 6. The van der Waals surface area contributed by atoms with Crippen molar-refractivity contribution >= 4 is 27.5 Å². The van der Waals surface area contributed by atoms with E-state index in [1.807, 2.05) is 6.08 Å². The zero-order valence-electron chi connectivity index (χ0n) is 19.4. The first-order chi connectivity index (χ1) is 16.7. The van der Waals surface area contributed by atoms with E-state index >= 15 is 0 Å². The lowest BCUT2D eigenvalue weighted by atomic mass is 9.74. The van der Waals surface area contributed by atoms with Crippen molar-refractivity contribution in [2.45, 2.75) is 19.3 Å². The first-order valence-electron chi connectivity index (χ1n) is 11.7. The Hall–Kier alpha value is -4.28. The minimum absolute atomic E-state index is 0.211. The van der Waals surface area contributed by atoms with Crippen LogP contribution in [0, 0.1) is 12.3 Å². The van der Waals surface area contributed by atoms with Crippen molar-refractivity contribution in [1.82, 2.24) is 4.57 Å². The van der Waals surface area contributed by atoms with Gasteiger partial charge in [0.05, 0.1) is 11.0 Å². The lowest BCUT2D eigenvalue weighted by Crippen LogP contribution is -2.22. The van der Waals surface area contributed by atoms with Crippen LogP contribution in [0.25, 0.3) is 38.6 Å². The molecule has 1 heterocycles. The number of allylic oxidation sites excluding steroid dienone is 4. The third kappa shape index (κ3) is 2.69. The van der Waals surface area contributed by atoms with Gasteiger partial charge in [0.1, 0.15) is 0 Å². The van der Waals surface area contributed by atoms with E-state index < -0.39 is 0 Å². The molecule has 0 N–H and O–H groups in total. The largest absolute Gasteiger partial charge is 0.310 e. The van der Waals surface area contributed by atoms with Crippen molar-refractivity contribution in [2.75, 3.05) is 0 Å². The Labute approximate surface area is 200 Å². The molecular weight excluding hydrogens is 410 g/mol. The maximum Gasteiger partial charge on any atom is 0.0547 e. The van der Waals surface area contributed by atoms with Gasteiger partial charge in [0, 0.05) is 21.9 Å². The molecule has 0 aliphatic heterocycles. The molecule has 1 aliphatic carbocycles. The number of rotatable bonds is 3. The highest BCUT2D eigenvalue weighted by Gasteiger charge is 2.41. The molecular formula is C33H25N. The van der Waals surface area contributed by atoms with Crippen molar-refractivity contribution in [1.29, 1.82) is 0 Å². The molecule has 162 valence electrons. The summed E-state index contributed by atoms with van der Waals surface area (Å²) in [6.07, 6.45) is 11.5. The minimum atomic E-state index is -0.211. The van der Waals surface area contributed by atoms with E-state index in [9.17, 15) is 0 Å². The monoisotopic (exact) mass is 435 g/mol. The highest BCUT2D eigenvalue weighted by Crippen LogP contribution is 2.54. The number of hydrogen-bond acceptors (Lipinski definition) is 0. The first kappa shape index (κ1) is 20.3. The number of terminal acetylenes is 1. The fraction of sp³-hybridized carbons (Fsp3) is 0.0909. The smallest absolute Gasteiger partial charge is 0.0547 e. The Balaban J connectivity index is 1.75. The molecule has 5 aromatic rings. The minimum Gasteiger partial charge on any atom is -0.310 e. The predicted octanol–water partition coefficient (Wildman–Crippen LogP) is 8.18. The SMILES string of the molecule is C#C/C=C\C(=C/C)n1c2ccccc2c2cc3c(cc21)-c1ccccc1C3(C)c1ccccc1. The van der Waals surface area contributed by atoms with Gasteiger partial charge in [-0.05, 0) is 72.0 Å². The second-order valence-electron chi connectivity index (χ2n) is 9.02. The normalized spacial score (nSPS) is 17.3. The molecule has 1 aliphatic rings. The molecule has 0 saturated carbocycles. The average molecular weight is 436 g/mol. The molecule has 0 fully saturated rings. The van der Waals surface area contributed by atoms with E-state index in [1.54, 1.807) is 6.08 Å². The standard InChI is InChI=1S/C33H25N/c1-4-6-16-24(5-2)34-31-20-13-11-18-26(31)28-21-30-27(22-32(28)34)25-17-10-12-19-29(25)33(30,3)23-14-8-7-9-15-23/h1,5-22H,2-3H3/b16-6-,24-5+. The van der Waals surface area contributed by atoms with E-state index in [0.29, 0.717) is 0 Å². The average Bonchev–Trinajstić information content (AvgIpc) is 3.35. The summed E-state index contributed by atoms with van der Waals surface area (Å²) in [6.45, 7) is 4.43. The summed E-state index contributed by atoms with van der Waals surface area (Å²) in [6, 6.07) is 33.2. The third-order valence-electron chi connectivity index (χ3n) is 7.36. The lowest BCUT2D eigenvalue weighted by molar-refractivity contribution is 0.715. The van der Waals surface area contributed by atoms with Crippen LogP contribution >= 0.6 is 0 Å². The van der Waals surface area contributed by atoms with Crippen LogP contribution in [-0.4, -0.2) is 4.57 Å². The Morgan fingerprint density at radius 2 is 1.53 bits per heavy atom. The number of benzene rings is 4. The van der Waals surface area contributed by atoms with E-state index in [2.05, 4.69) is 121 Å². The summed E-state index contributed by atoms with van der Waals surface area (Å²) in [5.41, 5.74) is 9.88. The molecule has 0 amide bonds. The van der Waals surface area contributed by atoms with Gasteiger partial charge in [-0.25, -0.2) is 0 Å². The molecule has 1 nitrogen and oxygen atoms in total. The maximum atomic E-state index is 5.55. The maximum absolute atomic E-state index is 5.55. The molecule has 0 spiro atoms. The molecule has 1 atom stereocenters. The number of para-hydroxylation sites is 1. The van der Waals surface area contributed by atoms with Crippen molar-refractivity contribution in [3.63, 3.8) is 0 Å². The second-order valence-corrected chi connectivity index (χ2v) is 9.02. The molecule has 1 heteroatoms. The predicted molar refractivity (Wildman–Crippen MR) is 145 cm³/mol. The Bertz CT molecular complexity index is 1670. The highest BCUT2D eigenvalue weighted by molar-refractivity contribution is 6.12. The van der Waals surface area contributed by atoms with Crippen LogP contribution in [0.15, 0.2) is 109 Å². The molecule has 0 bridgehead atoms. The van der Waals surface area contributed by atoms with Crippen LogP contribution in [0.5, 0.6) is 0 Å². The summed E-state index contributed by atoms with van der Waals surface area (Å²) >= 11 is 0. The second kappa shape index (κ2) is 7.65. The van der Waals surface area contributed by atoms with Crippen LogP contribution in [0.3, 0.4) is 0 Å². The number of nitrogens with zero attached hydrogens (tertiary/aromatic N) is 1. The summed E-state index contributed by atoms with van der Waals surface area (Å²) < 4.78 is 2.33. The van der Waals surface area contributed by atoms with Gasteiger partial charge in [0.25, 0.3) is 0 Å². The van der Waals surface area contributed by atoms with Crippen LogP contribution in [0.2, 0.25) is 0 Å². The van der Waals surface area contributed by atoms with Crippen LogP contribution in [0.1, 0.15) is 30.5 Å². The van der Waals surface area contributed by atoms with E-state index in [1.165, 1.54) is 49.6 Å². The van der Waals surface area contributed by atoms with Gasteiger partial charge >= 0.3 is 0 Å². The summed E-state index contributed by atoms with van der Waals surface area (Å²) in [5.74, 6) is 2.64. The fourth-order valence-corrected chi connectivity index (χ4v) is 5.74. The van der Waals surface area contributed by atoms with Crippen molar-refractivity contribution < 1.29 is 0 Å². The zero-order chi connectivity index (χ0) is 23.3. The van der Waals surface area contributed by atoms with Crippen molar-refractivity contribution in [3.05, 3.63) is 126 Å². The first-order valence-corrected chi connectivity index (χ1v) is 11.7. The van der Waals surface area contributed by atoms with Gasteiger partial charge in [-0.2, -0.15) is 0 Å². The molecule has 1 aromatic heterocycles. The Kier molecular flexibility index (Phi) is 4.57. The quantitative estimate of drug-likeness (QED) is 0.199. The van der Waals surface area contributed by atoms with Crippen LogP contribution in [-0.2, 0) is 5.41 Å². The zero-order valence-corrected chi connectivity index (χ0v) is 19.4. The lowest BCUT2D eigenvalue weighted by Gasteiger charge is -2.28. The van der Waals surface area contributed by atoms with Crippen LogP contribution in [0.4, 0.5) is 0 Å². The van der Waals surface area contributed by atoms with E-state index in [0.717, 1.165) is 5.70 Å². The van der Waals surface area contributed by atoms with Gasteiger partial charge in [-0.3, -0.25) is 0 Å². The Morgan fingerprint density at radius 3 is 2.32 bits per heavy atom. The topological polar surface area (TPSA) is 4.93 Å². The number of aromatic nitrogens is 1. The van der Waals surface area contributed by atoms with Gasteiger partial charge in [0.15, 0.2) is 0 Å². The van der Waals surface area contributed by atoms with E-state index in [4.69, 9.17) is 6.42 Å². The molecule has 6 rings (SSSR count). The van der Waals surface area contributed by atoms with E-state index in [-0.39, 0.29) is 5.41 Å². The van der Waals surface area contributed by atoms with Crippen molar-refractivity contribution in [2.24, 2.45) is 0 Å². The van der Waals surface area contributed by atoms with Gasteiger partial charge < -0.3 is 4.57 Å². The Morgan fingerprint density at radius 1 is 0.794 bits per heavy atom. The molecule has 0 radical (unpaired) electrons. The molecule has 0 saturated heterocycles. The van der Waals surface area contributed by atoms with Crippen LogP contribution < -0.4 is 0 Å². The fourth-order valence-electron chi connectivity index (χ4n) is 5.74. The van der Waals surface area contributed by atoms with Gasteiger partial charge in [-0.1, -0.05) is 84.8 Å².